The van der Waals surface area contributed by atoms with E-state index in [1.165, 1.54) is 12.1 Å². The fraction of sp³-hybridized carbons (Fsp3) is 0.323. The molecule has 1 aliphatic carbocycles. The Morgan fingerprint density at radius 2 is 1.70 bits per heavy atom. The molecule has 0 radical (unpaired) electrons. The van der Waals surface area contributed by atoms with Crippen molar-refractivity contribution in [2.45, 2.75) is 50.3 Å². The second-order valence-corrected chi connectivity index (χ2v) is 9.81. The van der Waals surface area contributed by atoms with Gasteiger partial charge in [0, 0.05) is 19.2 Å². The van der Waals surface area contributed by atoms with Gasteiger partial charge >= 0.3 is 6.18 Å². The van der Waals surface area contributed by atoms with Crippen molar-refractivity contribution < 1.29 is 18.3 Å². The van der Waals surface area contributed by atoms with Crippen LogP contribution in [0.25, 0.3) is 16.8 Å². The largest absolute Gasteiger partial charge is 0.417 e. The smallest absolute Gasteiger partial charge is 0.388 e. The summed E-state index contributed by atoms with van der Waals surface area (Å²) in [5, 5.41) is 24.4. The van der Waals surface area contributed by atoms with Crippen LogP contribution in [-0.4, -0.2) is 12.2 Å². The van der Waals surface area contributed by atoms with Crippen LogP contribution in [-0.2, 0) is 18.2 Å². The predicted octanol–water partition coefficient (Wildman–Crippen LogP) is 7.44. The Morgan fingerprint density at radius 3 is 2.32 bits per heavy atom. The average Bonchev–Trinajstić information content (AvgIpc) is 2.92. The van der Waals surface area contributed by atoms with Crippen molar-refractivity contribution in [3.05, 3.63) is 101 Å². The number of alkyl halides is 3. The van der Waals surface area contributed by atoms with Gasteiger partial charge in [0.15, 0.2) is 0 Å². The highest BCUT2D eigenvalue weighted by atomic mass is 19.4. The molecule has 0 saturated heterocycles. The maximum Gasteiger partial charge on any atom is 0.417 e. The standard InChI is InChI=1S/C31H31F3N2O/c1-21(36-2)23-11-13-24(14-12-23)25-8-6-7-22(17-25)19-30(37,27-9-4-3-5-10-27)28-16-15-26(20-35)29(18-28)31(32,33)34/h6-8,11-18,27,36-37H,1,3-5,9-10,19H2,2H3. The summed E-state index contributed by atoms with van der Waals surface area (Å²) in [5.41, 5.74) is 1.88. The fourth-order valence-electron chi connectivity index (χ4n) is 5.39. The summed E-state index contributed by atoms with van der Waals surface area (Å²) in [6, 6.07) is 21.0. The molecular formula is C31H31F3N2O. The van der Waals surface area contributed by atoms with Crippen molar-refractivity contribution in [2.75, 3.05) is 7.05 Å². The lowest BCUT2D eigenvalue weighted by Crippen LogP contribution is -2.39. The van der Waals surface area contributed by atoms with Gasteiger partial charge in [-0.15, -0.1) is 0 Å². The minimum absolute atomic E-state index is 0.175. The topological polar surface area (TPSA) is 56.0 Å². The van der Waals surface area contributed by atoms with Gasteiger partial charge in [-0.1, -0.05) is 80.4 Å². The van der Waals surface area contributed by atoms with E-state index in [0.29, 0.717) is 0 Å². The van der Waals surface area contributed by atoms with Crippen LogP contribution in [0.3, 0.4) is 0 Å². The SMILES string of the molecule is C=C(NC)c1ccc(-c2cccc(CC(O)(c3ccc(C#N)c(C(F)(F)F)c3)C3CCCCC3)c2)cc1. The zero-order valence-corrected chi connectivity index (χ0v) is 20.9. The lowest BCUT2D eigenvalue weighted by Gasteiger charge is -2.39. The number of halogens is 3. The molecule has 192 valence electrons. The quantitative estimate of drug-likeness (QED) is 0.351. The first-order valence-corrected chi connectivity index (χ1v) is 12.6. The lowest BCUT2D eigenvalue weighted by molar-refractivity contribution is -0.138. The molecule has 3 aromatic rings. The normalized spacial score (nSPS) is 16.0. The first-order valence-electron chi connectivity index (χ1n) is 12.6. The Hall–Kier alpha value is -3.56. The number of nitriles is 1. The molecular weight excluding hydrogens is 473 g/mol. The zero-order valence-electron chi connectivity index (χ0n) is 20.9. The highest BCUT2D eigenvalue weighted by molar-refractivity contribution is 5.69. The van der Waals surface area contributed by atoms with Crippen LogP contribution in [0.5, 0.6) is 0 Å². The van der Waals surface area contributed by atoms with Gasteiger partial charge in [0.1, 0.15) is 0 Å². The number of nitrogens with one attached hydrogen (secondary N) is 1. The molecule has 1 saturated carbocycles. The van der Waals surface area contributed by atoms with E-state index in [1.54, 1.807) is 6.07 Å². The number of aliphatic hydroxyl groups is 1. The lowest BCUT2D eigenvalue weighted by atomic mass is 9.70. The van der Waals surface area contributed by atoms with Crippen LogP contribution >= 0.6 is 0 Å². The summed E-state index contributed by atoms with van der Waals surface area (Å²) in [6.45, 7) is 3.98. The second kappa shape index (κ2) is 10.8. The predicted molar refractivity (Wildman–Crippen MR) is 140 cm³/mol. The summed E-state index contributed by atoms with van der Waals surface area (Å²) in [6.07, 6.45) is -0.0934. The number of nitrogens with zero attached hydrogens (tertiary/aromatic N) is 1. The molecule has 3 nitrogen and oxygen atoms in total. The van der Waals surface area contributed by atoms with Gasteiger partial charge in [-0.3, -0.25) is 0 Å². The Kier molecular flexibility index (Phi) is 7.75. The van der Waals surface area contributed by atoms with E-state index in [4.69, 9.17) is 0 Å². The number of rotatable bonds is 7. The Bertz CT molecular complexity index is 1300. The van der Waals surface area contributed by atoms with Crippen LogP contribution in [0.4, 0.5) is 13.2 Å². The molecule has 6 heteroatoms. The summed E-state index contributed by atoms with van der Waals surface area (Å²) in [5.74, 6) is -0.175. The maximum absolute atomic E-state index is 13.8. The molecule has 0 bridgehead atoms. The molecule has 1 aliphatic rings. The zero-order chi connectivity index (χ0) is 26.6. The molecule has 1 unspecified atom stereocenters. The monoisotopic (exact) mass is 504 g/mol. The summed E-state index contributed by atoms with van der Waals surface area (Å²) in [7, 11) is 1.82. The number of hydrogen-bond donors (Lipinski definition) is 2. The van der Waals surface area contributed by atoms with Gasteiger partial charge in [0.25, 0.3) is 0 Å². The van der Waals surface area contributed by atoms with Gasteiger partial charge in [-0.05, 0) is 58.7 Å². The van der Waals surface area contributed by atoms with Crippen LogP contribution < -0.4 is 5.32 Å². The van der Waals surface area contributed by atoms with E-state index < -0.39 is 22.9 Å². The third kappa shape index (κ3) is 5.73. The third-order valence-corrected chi connectivity index (χ3v) is 7.49. The minimum Gasteiger partial charge on any atom is -0.388 e. The molecule has 0 amide bonds. The van der Waals surface area contributed by atoms with Gasteiger partial charge in [0.2, 0.25) is 0 Å². The molecule has 37 heavy (non-hydrogen) atoms. The third-order valence-electron chi connectivity index (χ3n) is 7.49. The van der Waals surface area contributed by atoms with Crippen LogP contribution in [0.1, 0.15) is 59.9 Å². The van der Waals surface area contributed by atoms with Crippen molar-refractivity contribution in [3.63, 3.8) is 0 Å². The first kappa shape index (κ1) is 26.5. The summed E-state index contributed by atoms with van der Waals surface area (Å²) >= 11 is 0. The van der Waals surface area contributed by atoms with Gasteiger partial charge < -0.3 is 10.4 Å². The van der Waals surface area contributed by atoms with Crippen molar-refractivity contribution in [1.29, 1.82) is 5.26 Å². The summed E-state index contributed by atoms with van der Waals surface area (Å²) in [4.78, 5) is 0. The van der Waals surface area contributed by atoms with E-state index in [1.807, 2.05) is 55.6 Å². The van der Waals surface area contributed by atoms with E-state index >= 15 is 0 Å². The number of benzene rings is 3. The molecule has 0 aliphatic heterocycles. The van der Waals surface area contributed by atoms with Crippen molar-refractivity contribution in [3.8, 4) is 17.2 Å². The maximum atomic E-state index is 13.8. The molecule has 4 rings (SSSR count). The highest BCUT2D eigenvalue weighted by Gasteiger charge is 2.42. The van der Waals surface area contributed by atoms with E-state index in [-0.39, 0.29) is 17.9 Å². The van der Waals surface area contributed by atoms with Gasteiger partial charge in [0.05, 0.1) is 22.8 Å². The van der Waals surface area contributed by atoms with E-state index in [2.05, 4.69) is 11.9 Å². The van der Waals surface area contributed by atoms with Crippen LogP contribution in [0.2, 0.25) is 0 Å². The second-order valence-electron chi connectivity index (χ2n) is 9.81. The van der Waals surface area contributed by atoms with Gasteiger partial charge in [-0.2, -0.15) is 18.4 Å². The molecule has 1 atom stereocenters. The minimum atomic E-state index is -4.68. The van der Waals surface area contributed by atoms with Gasteiger partial charge in [-0.25, -0.2) is 0 Å². The van der Waals surface area contributed by atoms with Crippen molar-refractivity contribution >= 4 is 5.70 Å². The first-order chi connectivity index (χ1) is 17.7. The van der Waals surface area contributed by atoms with Crippen molar-refractivity contribution in [1.82, 2.24) is 5.32 Å². The van der Waals surface area contributed by atoms with Crippen LogP contribution in [0.15, 0.2) is 73.3 Å². The number of hydrogen-bond acceptors (Lipinski definition) is 3. The molecule has 0 aromatic heterocycles. The Balaban J connectivity index is 1.73. The fourth-order valence-corrected chi connectivity index (χ4v) is 5.39. The Labute approximate surface area is 216 Å². The molecule has 2 N–H and O–H groups in total. The highest BCUT2D eigenvalue weighted by Crippen LogP contribution is 2.44. The Morgan fingerprint density at radius 1 is 1.00 bits per heavy atom. The van der Waals surface area contributed by atoms with Crippen LogP contribution in [0, 0.1) is 17.2 Å². The molecule has 0 spiro atoms. The van der Waals surface area contributed by atoms with E-state index in [9.17, 15) is 23.5 Å². The summed E-state index contributed by atoms with van der Waals surface area (Å²) < 4.78 is 41.3. The van der Waals surface area contributed by atoms with Crippen molar-refractivity contribution in [2.24, 2.45) is 5.92 Å². The average molecular weight is 505 g/mol. The molecule has 3 aromatic carbocycles. The molecule has 1 fully saturated rings. The van der Waals surface area contributed by atoms with E-state index in [0.717, 1.165) is 66.1 Å². The molecule has 0 heterocycles.